The van der Waals surface area contributed by atoms with Crippen LogP contribution in [0.1, 0.15) is 0 Å². The van der Waals surface area contributed by atoms with Gasteiger partial charge in [0.15, 0.2) is 64.0 Å². The summed E-state index contributed by atoms with van der Waals surface area (Å²) in [5.74, 6) is -23.1. The number of benzene rings is 10. The van der Waals surface area contributed by atoms with E-state index in [0.717, 1.165) is 84.7 Å². The number of halogens is 13. The van der Waals surface area contributed by atoms with Crippen molar-refractivity contribution in [3.8, 4) is 67.8 Å². The smallest absolute Gasteiger partial charge is 0.423 e. The van der Waals surface area contributed by atoms with Crippen LogP contribution >= 0.6 is 57.5 Å². The molecule has 96 heavy (non-hydrogen) atoms. The number of hydrogen-bond acceptors (Lipinski definition) is 10. The van der Waals surface area contributed by atoms with Gasteiger partial charge in [0.2, 0.25) is 27.5 Å². The topological polar surface area (TPSA) is 128 Å². The maximum atomic E-state index is 14.7. The predicted octanol–water partition coefficient (Wildman–Crippen LogP) is 19.4. The van der Waals surface area contributed by atoms with Crippen molar-refractivity contribution in [2.75, 3.05) is 0 Å². The van der Waals surface area contributed by atoms with Crippen molar-refractivity contribution in [1.29, 1.82) is 0 Å². The molecule has 6 aromatic heterocycles. The van der Waals surface area contributed by atoms with Gasteiger partial charge in [0.05, 0.1) is 22.5 Å². The summed E-state index contributed by atoms with van der Waals surface area (Å²) in [7, 11) is -1.47. The van der Waals surface area contributed by atoms with Crippen molar-refractivity contribution in [3.63, 3.8) is 0 Å². The minimum Gasteiger partial charge on any atom is -0.423 e. The van der Waals surface area contributed by atoms with Crippen molar-refractivity contribution in [2.24, 2.45) is 0 Å². The average Bonchev–Trinajstić information content (AvgIpc) is 1.51. The highest BCUT2D eigenvalue weighted by Crippen LogP contribution is 2.43. The largest absolute Gasteiger partial charge is 0.489 e. The Morgan fingerprint density at radius 1 is 0.333 bits per heavy atom. The first kappa shape index (κ1) is 63.3. The molecule has 16 rings (SSSR count). The second-order valence-electron chi connectivity index (χ2n) is 21.4. The molecule has 0 saturated heterocycles. The van der Waals surface area contributed by atoms with Crippen molar-refractivity contribution in [1.82, 2.24) is 39.0 Å². The zero-order valence-corrected chi connectivity index (χ0v) is 52.2. The number of aromatic nitrogens is 8. The fraction of sp³-hybridized carbons (Fsp3) is 0. The van der Waals surface area contributed by atoms with Gasteiger partial charge >= 0.3 is 7.12 Å². The number of para-hydroxylation sites is 2. The van der Waals surface area contributed by atoms with Gasteiger partial charge in [-0.2, -0.15) is 24.9 Å². The first-order chi connectivity index (χ1) is 46.3. The molecule has 0 unspecified atom stereocenters. The standard InChI is InChI=1S/C35H16ClF5N4S.C26H18BNO2S.C9Cl2F5N3/c36-35-43-33(42-34(44-35)26-27(37)29(39)31(41)30(40)28(26)38)22-10-5-9-21-23-14-17(12-13-25(23)46-32(21)22)20-8-3-4-11-24(20)45-15-18-6-1-2-7-19(18)16-45;29-27(30)23-10-5-9-21-22-14-17(12-13-25(22)31-26(21)23)20-8-3-4-11-24(20)28-15-18-6-1-2-7-19(18)16-28;10-8-17-7(18-9(11)19-8)1-2(12)4(14)6(16)5(15)3(1)13/h1-16H;1-16,29-30H;. The molecule has 6 heterocycles. The van der Waals surface area contributed by atoms with Gasteiger partial charge in [-0.05, 0) is 121 Å². The van der Waals surface area contributed by atoms with Crippen LogP contribution in [0.15, 0.2) is 195 Å². The second kappa shape index (κ2) is 25.6. The summed E-state index contributed by atoms with van der Waals surface area (Å²) in [5.41, 5.74) is 4.83. The minimum absolute atomic E-state index is 0.0821. The van der Waals surface area contributed by atoms with Crippen LogP contribution in [-0.4, -0.2) is 56.2 Å². The number of thiophene rings is 2. The van der Waals surface area contributed by atoms with Crippen LogP contribution < -0.4 is 5.46 Å². The maximum absolute atomic E-state index is 14.7. The summed E-state index contributed by atoms with van der Waals surface area (Å²) in [6, 6.07) is 56.8. The Morgan fingerprint density at radius 2 is 0.688 bits per heavy atom. The summed E-state index contributed by atoms with van der Waals surface area (Å²) in [5, 5.41) is 26.6. The highest BCUT2D eigenvalue weighted by Gasteiger charge is 2.31. The Labute approximate surface area is 558 Å². The highest BCUT2D eigenvalue weighted by molar-refractivity contribution is 7.27. The van der Waals surface area contributed by atoms with E-state index in [2.05, 4.69) is 161 Å². The zero-order chi connectivity index (χ0) is 67.0. The zero-order valence-electron chi connectivity index (χ0n) is 48.3. The summed E-state index contributed by atoms with van der Waals surface area (Å²) < 4.78 is 145. The van der Waals surface area contributed by atoms with E-state index in [1.165, 1.54) is 22.1 Å². The lowest BCUT2D eigenvalue weighted by molar-refractivity contribution is 0.380. The molecule has 0 bridgehead atoms. The lowest BCUT2D eigenvalue weighted by Gasteiger charge is -2.11. The molecule has 0 amide bonds. The molecule has 0 spiro atoms. The van der Waals surface area contributed by atoms with E-state index in [1.807, 2.05) is 54.6 Å². The van der Waals surface area contributed by atoms with E-state index in [4.69, 9.17) is 34.8 Å². The predicted molar refractivity (Wildman–Crippen MR) is 357 cm³/mol. The van der Waals surface area contributed by atoms with E-state index in [0.29, 0.717) is 11.0 Å². The maximum Gasteiger partial charge on any atom is 0.489 e. The van der Waals surface area contributed by atoms with Gasteiger partial charge in [0, 0.05) is 76.4 Å². The molecule has 26 heteroatoms. The third kappa shape index (κ3) is 11.5. The van der Waals surface area contributed by atoms with Crippen LogP contribution in [0.5, 0.6) is 0 Å². The highest BCUT2D eigenvalue weighted by atomic mass is 35.5. The third-order valence-electron chi connectivity index (χ3n) is 15.7. The van der Waals surface area contributed by atoms with E-state index in [-0.39, 0.29) is 5.82 Å². The van der Waals surface area contributed by atoms with E-state index in [9.17, 15) is 54.0 Å². The number of fused-ring (bicyclic) bond motifs is 8. The molecule has 0 fully saturated rings. The second-order valence-corrected chi connectivity index (χ2v) is 24.5. The lowest BCUT2D eigenvalue weighted by Crippen LogP contribution is -2.29. The fourth-order valence-electron chi connectivity index (χ4n) is 11.3. The van der Waals surface area contributed by atoms with Crippen molar-refractivity contribution < 1.29 is 54.0 Å². The number of nitrogens with zero attached hydrogens (tertiary/aromatic N) is 8. The molecule has 0 aliphatic heterocycles. The summed E-state index contributed by atoms with van der Waals surface area (Å²) in [6.45, 7) is 0. The first-order valence-corrected chi connectivity index (χ1v) is 31.2. The average molecular weight is 1390 g/mol. The van der Waals surface area contributed by atoms with Crippen molar-refractivity contribution in [3.05, 3.63) is 269 Å². The third-order valence-corrected chi connectivity index (χ3v) is 18.7. The van der Waals surface area contributed by atoms with E-state index < -0.39 is 104 Å². The number of hydrogen-bond donors (Lipinski definition) is 2. The monoisotopic (exact) mass is 1390 g/mol. The molecule has 10 nitrogen and oxygen atoms in total. The first-order valence-electron chi connectivity index (χ1n) is 28.4. The summed E-state index contributed by atoms with van der Waals surface area (Å²) in [4.78, 5) is 21.8. The van der Waals surface area contributed by atoms with Crippen LogP contribution in [0.4, 0.5) is 43.9 Å². The Morgan fingerprint density at radius 3 is 1.14 bits per heavy atom. The van der Waals surface area contributed by atoms with Gasteiger partial charge in [-0.25, -0.2) is 48.9 Å². The fourth-order valence-corrected chi connectivity index (χ4v) is 14.2. The normalized spacial score (nSPS) is 11.5. The molecule has 0 aliphatic carbocycles. The van der Waals surface area contributed by atoms with E-state index >= 15 is 0 Å². The molecular formula is C70H34BCl3F10N8O2S2. The van der Waals surface area contributed by atoms with Gasteiger partial charge < -0.3 is 19.2 Å². The molecule has 10 aromatic carbocycles. The van der Waals surface area contributed by atoms with Gasteiger partial charge in [-0.3, -0.25) is 0 Å². The van der Waals surface area contributed by atoms with Gasteiger partial charge in [-0.1, -0.05) is 127 Å². The van der Waals surface area contributed by atoms with Crippen LogP contribution in [-0.2, 0) is 0 Å². The van der Waals surface area contributed by atoms with Crippen molar-refractivity contribution >= 4 is 132 Å². The Kier molecular flexibility index (Phi) is 16.9. The minimum atomic E-state index is -2.29. The molecule has 472 valence electrons. The molecular weight excluding hydrogens is 1360 g/mol. The Bertz CT molecular complexity index is 5690. The molecule has 0 saturated carbocycles. The Hall–Kier alpha value is -10.1. The summed E-state index contributed by atoms with van der Waals surface area (Å²) >= 11 is 19.9. The Balaban J connectivity index is 0.000000136. The van der Waals surface area contributed by atoms with Crippen molar-refractivity contribution in [2.45, 2.75) is 0 Å². The molecule has 16 aromatic rings. The SMILES string of the molecule is Fc1c(F)c(F)c(-c2nc(Cl)nc(-c3cccc4c3sc3ccc(-c5ccccc5-n5cc6ccccc6c5)cc34)n2)c(F)c1F.Fc1c(F)c(F)c(-c2nc(Cl)nc(Cl)n2)c(F)c1F.OB(O)c1cccc2c1sc1ccc(-c3ccccc3-n3cc4ccccc4c3)cc12. The van der Waals surface area contributed by atoms with Crippen LogP contribution in [0.2, 0.25) is 15.9 Å². The van der Waals surface area contributed by atoms with Gasteiger partial charge in [-0.15, -0.1) is 22.7 Å². The van der Waals surface area contributed by atoms with Crippen LogP contribution in [0.25, 0.3) is 130 Å². The molecule has 2 N–H and O–H groups in total. The molecule has 0 atom stereocenters. The molecule has 0 aliphatic rings. The quantitative estimate of drug-likeness (QED) is 0.0666. The lowest BCUT2D eigenvalue weighted by atomic mass is 9.79. The van der Waals surface area contributed by atoms with E-state index in [1.54, 1.807) is 29.5 Å². The van der Waals surface area contributed by atoms with Crippen LogP contribution in [0, 0.1) is 58.2 Å². The van der Waals surface area contributed by atoms with Crippen LogP contribution in [0.3, 0.4) is 0 Å². The van der Waals surface area contributed by atoms with Gasteiger partial charge in [0.1, 0.15) is 0 Å². The number of rotatable bonds is 8. The molecule has 0 radical (unpaired) electrons. The van der Waals surface area contributed by atoms with Gasteiger partial charge in [0.25, 0.3) is 0 Å². The summed E-state index contributed by atoms with van der Waals surface area (Å²) in [6.07, 6.45) is 8.53.